The molecule has 0 bridgehead atoms. The molecule has 1 N–H and O–H groups in total. The molecule has 3 heteroatoms. The van der Waals surface area contributed by atoms with Crippen molar-refractivity contribution in [3.8, 4) is 0 Å². The SMILES string of the molecule is C=CNCCC(=O)OCC. The molecule has 58 valence electrons. The molecule has 0 aromatic heterocycles. The molecule has 0 heterocycles. The fourth-order valence-electron chi connectivity index (χ4n) is 0.509. The van der Waals surface area contributed by atoms with Crippen molar-refractivity contribution in [2.24, 2.45) is 0 Å². The lowest BCUT2D eigenvalue weighted by molar-refractivity contribution is -0.142. The maximum absolute atomic E-state index is 10.6. The zero-order valence-electron chi connectivity index (χ0n) is 6.22. The van der Waals surface area contributed by atoms with E-state index in [1.807, 2.05) is 0 Å². The Balaban J connectivity index is 3.13. The molecular formula is C7H13NO2. The third-order valence-electron chi connectivity index (χ3n) is 0.923. The number of nitrogens with one attached hydrogen (secondary N) is 1. The Hall–Kier alpha value is -0.990. The number of carbonyl (C=O) groups is 1. The van der Waals surface area contributed by atoms with Gasteiger partial charge < -0.3 is 10.1 Å². The molecule has 0 aliphatic heterocycles. The van der Waals surface area contributed by atoms with Gasteiger partial charge in [-0.15, -0.1) is 0 Å². The van der Waals surface area contributed by atoms with Gasteiger partial charge in [0.2, 0.25) is 0 Å². The van der Waals surface area contributed by atoms with Gasteiger partial charge in [0.15, 0.2) is 0 Å². The van der Waals surface area contributed by atoms with E-state index in [1.54, 1.807) is 13.1 Å². The van der Waals surface area contributed by atoms with Crippen LogP contribution < -0.4 is 5.32 Å². The molecule has 0 fully saturated rings. The average Bonchev–Trinajstić information content (AvgIpc) is 1.89. The van der Waals surface area contributed by atoms with E-state index < -0.39 is 0 Å². The van der Waals surface area contributed by atoms with Crippen LogP contribution in [0.25, 0.3) is 0 Å². The molecule has 0 aromatic carbocycles. The average molecular weight is 143 g/mol. The van der Waals surface area contributed by atoms with Gasteiger partial charge in [0.05, 0.1) is 13.0 Å². The van der Waals surface area contributed by atoms with Gasteiger partial charge in [-0.25, -0.2) is 0 Å². The summed E-state index contributed by atoms with van der Waals surface area (Å²) in [5.41, 5.74) is 0. The van der Waals surface area contributed by atoms with E-state index >= 15 is 0 Å². The lowest BCUT2D eigenvalue weighted by Crippen LogP contribution is -2.13. The molecule has 0 aliphatic carbocycles. The van der Waals surface area contributed by atoms with Gasteiger partial charge in [0.1, 0.15) is 0 Å². The molecule has 3 nitrogen and oxygen atoms in total. The summed E-state index contributed by atoms with van der Waals surface area (Å²) >= 11 is 0. The molecular weight excluding hydrogens is 130 g/mol. The van der Waals surface area contributed by atoms with Crippen LogP contribution in [0.15, 0.2) is 12.8 Å². The van der Waals surface area contributed by atoms with Gasteiger partial charge in [-0.2, -0.15) is 0 Å². The van der Waals surface area contributed by atoms with Crippen molar-refractivity contribution in [1.29, 1.82) is 0 Å². The predicted molar refractivity (Wildman–Crippen MR) is 39.4 cm³/mol. The van der Waals surface area contributed by atoms with Crippen LogP contribution in [0.3, 0.4) is 0 Å². The Kier molecular flexibility index (Phi) is 5.53. The van der Waals surface area contributed by atoms with Crippen LogP contribution in [-0.4, -0.2) is 19.1 Å². The first-order chi connectivity index (χ1) is 4.81. The Morgan fingerprint density at radius 2 is 2.50 bits per heavy atom. The summed E-state index contributed by atoms with van der Waals surface area (Å²) in [6, 6.07) is 0. The number of esters is 1. The van der Waals surface area contributed by atoms with E-state index in [0.29, 0.717) is 19.6 Å². The topological polar surface area (TPSA) is 38.3 Å². The third-order valence-corrected chi connectivity index (χ3v) is 0.923. The number of rotatable bonds is 5. The molecule has 0 amide bonds. The highest BCUT2D eigenvalue weighted by molar-refractivity contribution is 5.69. The highest BCUT2D eigenvalue weighted by atomic mass is 16.5. The normalized spacial score (nSPS) is 8.50. The van der Waals surface area contributed by atoms with Crippen LogP contribution >= 0.6 is 0 Å². The van der Waals surface area contributed by atoms with Crippen LogP contribution in [0.4, 0.5) is 0 Å². The van der Waals surface area contributed by atoms with Crippen molar-refractivity contribution >= 4 is 5.97 Å². The first-order valence-electron chi connectivity index (χ1n) is 3.31. The van der Waals surface area contributed by atoms with Gasteiger partial charge in [-0.1, -0.05) is 6.58 Å². The van der Waals surface area contributed by atoms with Crippen molar-refractivity contribution in [3.05, 3.63) is 12.8 Å². The summed E-state index contributed by atoms with van der Waals surface area (Å²) < 4.78 is 4.68. The molecule has 0 radical (unpaired) electrons. The molecule has 0 spiro atoms. The summed E-state index contributed by atoms with van der Waals surface area (Å²) in [6.45, 7) is 6.28. The van der Waals surface area contributed by atoms with Crippen molar-refractivity contribution in [2.75, 3.05) is 13.2 Å². The summed E-state index contributed by atoms with van der Waals surface area (Å²) in [7, 11) is 0. The van der Waals surface area contributed by atoms with Gasteiger partial charge in [-0.3, -0.25) is 4.79 Å². The van der Waals surface area contributed by atoms with E-state index in [0.717, 1.165) is 0 Å². The Labute approximate surface area is 61.1 Å². The highest BCUT2D eigenvalue weighted by Crippen LogP contribution is 1.83. The minimum absolute atomic E-state index is 0.170. The van der Waals surface area contributed by atoms with Gasteiger partial charge in [-0.05, 0) is 13.1 Å². The standard InChI is InChI=1S/C7H13NO2/c1-3-8-6-5-7(9)10-4-2/h3,8H,1,4-6H2,2H3. The van der Waals surface area contributed by atoms with Gasteiger partial charge >= 0.3 is 5.97 Å². The molecule has 0 aromatic rings. The smallest absolute Gasteiger partial charge is 0.307 e. The lowest BCUT2D eigenvalue weighted by Gasteiger charge is -2.00. The molecule has 0 saturated carbocycles. The Morgan fingerprint density at radius 3 is 3.00 bits per heavy atom. The molecule has 0 unspecified atom stereocenters. The van der Waals surface area contributed by atoms with E-state index in [2.05, 4.69) is 16.6 Å². The predicted octanol–water partition coefficient (Wildman–Crippen LogP) is 0.673. The van der Waals surface area contributed by atoms with Crippen molar-refractivity contribution in [3.63, 3.8) is 0 Å². The largest absolute Gasteiger partial charge is 0.466 e. The van der Waals surface area contributed by atoms with E-state index in [9.17, 15) is 4.79 Å². The van der Waals surface area contributed by atoms with Crippen molar-refractivity contribution in [2.45, 2.75) is 13.3 Å². The van der Waals surface area contributed by atoms with Gasteiger partial charge in [0.25, 0.3) is 0 Å². The molecule has 10 heavy (non-hydrogen) atoms. The molecule has 0 saturated heterocycles. The van der Waals surface area contributed by atoms with Crippen LogP contribution in [0.5, 0.6) is 0 Å². The first-order valence-corrected chi connectivity index (χ1v) is 3.31. The fourth-order valence-corrected chi connectivity index (χ4v) is 0.509. The zero-order valence-corrected chi connectivity index (χ0v) is 6.22. The van der Waals surface area contributed by atoms with Crippen LogP contribution in [0.2, 0.25) is 0 Å². The maximum Gasteiger partial charge on any atom is 0.307 e. The highest BCUT2D eigenvalue weighted by Gasteiger charge is 1.97. The first kappa shape index (κ1) is 9.01. The summed E-state index contributed by atoms with van der Waals surface area (Å²) in [6.07, 6.45) is 1.96. The Morgan fingerprint density at radius 1 is 1.80 bits per heavy atom. The van der Waals surface area contributed by atoms with Crippen LogP contribution in [0.1, 0.15) is 13.3 Å². The fraction of sp³-hybridized carbons (Fsp3) is 0.571. The molecule has 0 rings (SSSR count). The minimum atomic E-state index is -0.170. The number of ether oxygens (including phenoxy) is 1. The number of hydrogen-bond acceptors (Lipinski definition) is 3. The van der Waals surface area contributed by atoms with Gasteiger partial charge in [0, 0.05) is 6.54 Å². The summed E-state index contributed by atoms with van der Waals surface area (Å²) in [5, 5.41) is 2.80. The quantitative estimate of drug-likeness (QED) is 0.454. The molecule has 0 atom stereocenters. The minimum Gasteiger partial charge on any atom is -0.466 e. The summed E-state index contributed by atoms with van der Waals surface area (Å²) in [4.78, 5) is 10.6. The Bertz CT molecular complexity index is 112. The maximum atomic E-state index is 10.6. The number of hydrogen-bond donors (Lipinski definition) is 1. The van der Waals surface area contributed by atoms with Crippen LogP contribution in [-0.2, 0) is 9.53 Å². The van der Waals surface area contributed by atoms with E-state index in [-0.39, 0.29) is 5.97 Å². The number of carbonyl (C=O) groups excluding carboxylic acids is 1. The van der Waals surface area contributed by atoms with Crippen LogP contribution in [0, 0.1) is 0 Å². The second-order valence-corrected chi connectivity index (χ2v) is 1.71. The van der Waals surface area contributed by atoms with Crippen molar-refractivity contribution < 1.29 is 9.53 Å². The monoisotopic (exact) mass is 143 g/mol. The second kappa shape index (κ2) is 6.13. The van der Waals surface area contributed by atoms with E-state index in [4.69, 9.17) is 0 Å². The third kappa shape index (κ3) is 5.15. The van der Waals surface area contributed by atoms with Crippen molar-refractivity contribution in [1.82, 2.24) is 5.32 Å². The molecule has 0 aliphatic rings. The second-order valence-electron chi connectivity index (χ2n) is 1.71. The zero-order chi connectivity index (χ0) is 7.82. The van der Waals surface area contributed by atoms with E-state index in [1.165, 1.54) is 0 Å². The lowest BCUT2D eigenvalue weighted by atomic mass is 10.4. The summed E-state index contributed by atoms with van der Waals surface area (Å²) in [5.74, 6) is -0.170.